The van der Waals surface area contributed by atoms with Crippen molar-refractivity contribution in [2.75, 3.05) is 0 Å². The second kappa shape index (κ2) is 5.56. The molecule has 0 amide bonds. The van der Waals surface area contributed by atoms with Crippen molar-refractivity contribution in [2.24, 2.45) is 0 Å². The lowest BCUT2D eigenvalue weighted by molar-refractivity contribution is 0.425. The van der Waals surface area contributed by atoms with Crippen molar-refractivity contribution in [1.82, 2.24) is 9.55 Å². The first kappa shape index (κ1) is 13.0. The molecule has 0 atom stereocenters. The topological polar surface area (TPSA) is 17.8 Å². The molecule has 2 aromatic rings. The molecule has 100 valence electrons. The Kier molecular flexibility index (Phi) is 3.81. The van der Waals surface area contributed by atoms with Crippen LogP contribution in [0.4, 0.5) is 0 Å². The SMILES string of the molecule is Clc1ccc(-n2ccnc2C2CCCCC2)cc1Cl. The Morgan fingerprint density at radius 2 is 1.84 bits per heavy atom. The standard InChI is InChI=1S/C15H16Cl2N2/c16-13-7-6-12(10-14(13)17)19-9-8-18-15(19)11-4-2-1-3-5-11/h6-11H,1-5H2. The van der Waals surface area contributed by atoms with E-state index >= 15 is 0 Å². The number of hydrogen-bond acceptors (Lipinski definition) is 1. The quantitative estimate of drug-likeness (QED) is 0.742. The van der Waals surface area contributed by atoms with Crippen LogP contribution in [0.2, 0.25) is 10.0 Å². The number of nitrogens with zero attached hydrogens (tertiary/aromatic N) is 2. The maximum absolute atomic E-state index is 6.10. The van der Waals surface area contributed by atoms with Gasteiger partial charge in [0, 0.05) is 24.0 Å². The molecule has 0 N–H and O–H groups in total. The number of rotatable bonds is 2. The maximum atomic E-state index is 6.10. The Morgan fingerprint density at radius 1 is 1.05 bits per heavy atom. The van der Waals surface area contributed by atoms with Crippen LogP contribution in [0.15, 0.2) is 30.6 Å². The number of benzene rings is 1. The van der Waals surface area contributed by atoms with E-state index in [0.29, 0.717) is 16.0 Å². The van der Waals surface area contributed by atoms with Crippen LogP contribution >= 0.6 is 23.2 Å². The van der Waals surface area contributed by atoms with E-state index in [0.717, 1.165) is 11.5 Å². The van der Waals surface area contributed by atoms with Crippen molar-refractivity contribution < 1.29 is 0 Å². The second-order valence-electron chi connectivity index (χ2n) is 5.09. The summed E-state index contributed by atoms with van der Waals surface area (Å²) in [5.41, 5.74) is 1.03. The highest BCUT2D eigenvalue weighted by Gasteiger charge is 2.20. The van der Waals surface area contributed by atoms with Gasteiger partial charge in [0.15, 0.2) is 0 Å². The molecule has 4 heteroatoms. The molecule has 1 aromatic heterocycles. The fraction of sp³-hybridized carbons (Fsp3) is 0.400. The van der Waals surface area contributed by atoms with Crippen molar-refractivity contribution in [3.63, 3.8) is 0 Å². The van der Waals surface area contributed by atoms with Gasteiger partial charge < -0.3 is 4.57 Å². The van der Waals surface area contributed by atoms with E-state index in [9.17, 15) is 0 Å². The molecule has 0 aliphatic heterocycles. The highest BCUT2D eigenvalue weighted by atomic mass is 35.5. The van der Waals surface area contributed by atoms with E-state index in [4.69, 9.17) is 23.2 Å². The molecule has 1 saturated carbocycles. The van der Waals surface area contributed by atoms with Crippen molar-refractivity contribution in [3.05, 3.63) is 46.5 Å². The first-order valence-electron chi connectivity index (χ1n) is 6.74. The normalized spacial score (nSPS) is 16.7. The molecule has 0 bridgehead atoms. The zero-order chi connectivity index (χ0) is 13.2. The van der Waals surface area contributed by atoms with Gasteiger partial charge in [-0.25, -0.2) is 4.98 Å². The van der Waals surface area contributed by atoms with Crippen molar-refractivity contribution in [2.45, 2.75) is 38.0 Å². The summed E-state index contributed by atoms with van der Waals surface area (Å²) in [6.45, 7) is 0. The Hall–Kier alpha value is -0.990. The average molecular weight is 295 g/mol. The monoisotopic (exact) mass is 294 g/mol. The van der Waals surface area contributed by atoms with Gasteiger partial charge >= 0.3 is 0 Å². The molecule has 1 aromatic carbocycles. The van der Waals surface area contributed by atoms with Gasteiger partial charge in [0.1, 0.15) is 5.82 Å². The van der Waals surface area contributed by atoms with E-state index in [2.05, 4.69) is 9.55 Å². The largest absolute Gasteiger partial charge is 0.303 e. The van der Waals surface area contributed by atoms with Crippen molar-refractivity contribution in [1.29, 1.82) is 0 Å². The van der Waals surface area contributed by atoms with Crippen LogP contribution in [-0.2, 0) is 0 Å². The molecule has 0 saturated heterocycles. The Morgan fingerprint density at radius 3 is 2.58 bits per heavy atom. The van der Waals surface area contributed by atoms with E-state index < -0.39 is 0 Å². The van der Waals surface area contributed by atoms with Crippen LogP contribution in [-0.4, -0.2) is 9.55 Å². The van der Waals surface area contributed by atoms with Gasteiger partial charge in [0.2, 0.25) is 0 Å². The minimum absolute atomic E-state index is 0.568. The molecule has 1 aliphatic carbocycles. The maximum Gasteiger partial charge on any atom is 0.116 e. The van der Waals surface area contributed by atoms with Gasteiger partial charge in [-0.15, -0.1) is 0 Å². The summed E-state index contributed by atoms with van der Waals surface area (Å²) in [6.07, 6.45) is 10.3. The fourth-order valence-corrected chi connectivity index (χ4v) is 3.12. The summed E-state index contributed by atoms with van der Waals surface area (Å²) in [4.78, 5) is 4.56. The zero-order valence-electron chi connectivity index (χ0n) is 10.6. The molecule has 1 heterocycles. The van der Waals surface area contributed by atoms with Gasteiger partial charge in [-0.3, -0.25) is 0 Å². The van der Waals surface area contributed by atoms with E-state index in [1.807, 2.05) is 30.6 Å². The first-order chi connectivity index (χ1) is 9.25. The lowest BCUT2D eigenvalue weighted by Crippen LogP contribution is -2.11. The summed E-state index contributed by atoms with van der Waals surface area (Å²) >= 11 is 12.1. The van der Waals surface area contributed by atoms with Gasteiger partial charge in [0.25, 0.3) is 0 Å². The number of aromatic nitrogens is 2. The third-order valence-electron chi connectivity index (χ3n) is 3.82. The summed E-state index contributed by atoms with van der Waals surface area (Å²) in [5.74, 6) is 1.72. The molecule has 0 radical (unpaired) electrons. The second-order valence-corrected chi connectivity index (χ2v) is 5.90. The Labute approximate surface area is 123 Å². The summed E-state index contributed by atoms with van der Waals surface area (Å²) in [5, 5.41) is 1.17. The number of halogens is 2. The molecule has 0 spiro atoms. The smallest absolute Gasteiger partial charge is 0.116 e. The molecule has 1 fully saturated rings. The molecular formula is C15H16Cl2N2. The van der Waals surface area contributed by atoms with Gasteiger partial charge in [-0.1, -0.05) is 42.5 Å². The van der Waals surface area contributed by atoms with Gasteiger partial charge in [-0.05, 0) is 31.0 Å². The van der Waals surface area contributed by atoms with Gasteiger partial charge in [0.05, 0.1) is 10.0 Å². The first-order valence-corrected chi connectivity index (χ1v) is 7.50. The predicted molar refractivity (Wildman–Crippen MR) is 79.4 cm³/mol. The number of hydrogen-bond donors (Lipinski definition) is 0. The molecular weight excluding hydrogens is 279 g/mol. The third kappa shape index (κ3) is 2.65. The van der Waals surface area contributed by atoms with Crippen LogP contribution in [0.5, 0.6) is 0 Å². The van der Waals surface area contributed by atoms with E-state index in [1.54, 1.807) is 0 Å². The third-order valence-corrected chi connectivity index (χ3v) is 4.56. The van der Waals surface area contributed by atoms with Crippen molar-refractivity contribution in [3.8, 4) is 5.69 Å². The molecule has 2 nitrogen and oxygen atoms in total. The van der Waals surface area contributed by atoms with E-state index in [1.165, 1.54) is 32.1 Å². The molecule has 0 unspecified atom stereocenters. The van der Waals surface area contributed by atoms with Crippen LogP contribution in [0, 0.1) is 0 Å². The average Bonchev–Trinajstić information content (AvgIpc) is 2.92. The predicted octanol–water partition coefficient (Wildman–Crippen LogP) is 5.23. The highest BCUT2D eigenvalue weighted by Crippen LogP contribution is 2.33. The van der Waals surface area contributed by atoms with Crippen molar-refractivity contribution >= 4 is 23.2 Å². The molecule has 1 aliphatic rings. The summed E-state index contributed by atoms with van der Waals surface area (Å²) < 4.78 is 2.14. The van der Waals surface area contributed by atoms with Crippen LogP contribution in [0.3, 0.4) is 0 Å². The fourth-order valence-electron chi connectivity index (χ4n) is 2.83. The highest BCUT2D eigenvalue weighted by molar-refractivity contribution is 6.42. The van der Waals surface area contributed by atoms with Crippen LogP contribution in [0.25, 0.3) is 5.69 Å². The minimum atomic E-state index is 0.568. The lowest BCUT2D eigenvalue weighted by atomic mass is 9.88. The summed E-state index contributed by atoms with van der Waals surface area (Å²) in [6, 6.07) is 5.73. The van der Waals surface area contributed by atoms with Crippen LogP contribution < -0.4 is 0 Å². The Bertz CT molecular complexity index is 571. The molecule has 3 rings (SSSR count). The lowest BCUT2D eigenvalue weighted by Gasteiger charge is -2.22. The minimum Gasteiger partial charge on any atom is -0.303 e. The number of imidazole rings is 1. The zero-order valence-corrected chi connectivity index (χ0v) is 12.2. The molecule has 19 heavy (non-hydrogen) atoms. The Balaban J connectivity index is 1.96. The summed E-state index contributed by atoms with van der Waals surface area (Å²) in [7, 11) is 0. The van der Waals surface area contributed by atoms with Crippen LogP contribution in [0.1, 0.15) is 43.8 Å². The van der Waals surface area contributed by atoms with E-state index in [-0.39, 0.29) is 0 Å². The van der Waals surface area contributed by atoms with Gasteiger partial charge in [-0.2, -0.15) is 0 Å².